The summed E-state index contributed by atoms with van der Waals surface area (Å²) in [7, 11) is 0. The van der Waals surface area contributed by atoms with Gasteiger partial charge in [0.25, 0.3) is 0 Å². The van der Waals surface area contributed by atoms with Gasteiger partial charge in [-0.05, 0) is 51.3 Å². The SMILES string of the molecule is CCOC(=O)C(C)(C)Oc1ccc(CNC2CCCCC2)cc1.Cl. The summed E-state index contributed by atoms with van der Waals surface area (Å²) in [6, 6.07) is 8.58. The first-order valence-corrected chi connectivity index (χ1v) is 8.70. The quantitative estimate of drug-likeness (QED) is 0.743. The van der Waals surface area contributed by atoms with Crippen LogP contribution < -0.4 is 10.1 Å². The van der Waals surface area contributed by atoms with E-state index < -0.39 is 5.60 Å². The Balaban J connectivity index is 0.00000288. The highest BCUT2D eigenvalue weighted by Gasteiger charge is 2.31. The fourth-order valence-electron chi connectivity index (χ4n) is 2.89. The van der Waals surface area contributed by atoms with Gasteiger partial charge >= 0.3 is 5.97 Å². The fraction of sp³-hybridized carbons (Fsp3) is 0.632. The van der Waals surface area contributed by atoms with E-state index in [9.17, 15) is 4.79 Å². The molecule has 136 valence electrons. The molecular weight excluding hydrogens is 326 g/mol. The molecule has 1 aromatic rings. The predicted octanol–water partition coefficient (Wildman–Crippen LogP) is 4.25. The maximum Gasteiger partial charge on any atom is 0.349 e. The van der Waals surface area contributed by atoms with E-state index in [0.29, 0.717) is 18.4 Å². The lowest BCUT2D eigenvalue weighted by atomic mass is 9.95. The van der Waals surface area contributed by atoms with Crippen molar-refractivity contribution in [1.29, 1.82) is 0 Å². The van der Waals surface area contributed by atoms with Gasteiger partial charge in [-0.2, -0.15) is 0 Å². The zero-order chi connectivity index (χ0) is 16.7. The number of carbonyl (C=O) groups excluding carboxylic acids is 1. The zero-order valence-electron chi connectivity index (χ0n) is 15.0. The summed E-state index contributed by atoms with van der Waals surface area (Å²) in [4.78, 5) is 11.9. The highest BCUT2D eigenvalue weighted by molar-refractivity contribution is 5.85. The summed E-state index contributed by atoms with van der Waals surface area (Å²) in [5, 5.41) is 3.63. The van der Waals surface area contributed by atoms with Gasteiger partial charge < -0.3 is 14.8 Å². The van der Waals surface area contributed by atoms with E-state index in [-0.39, 0.29) is 18.4 Å². The van der Waals surface area contributed by atoms with E-state index in [1.54, 1.807) is 20.8 Å². The van der Waals surface area contributed by atoms with Crippen molar-refractivity contribution in [2.75, 3.05) is 6.61 Å². The van der Waals surface area contributed by atoms with Crippen molar-refractivity contribution in [1.82, 2.24) is 5.32 Å². The predicted molar refractivity (Wildman–Crippen MR) is 98.7 cm³/mol. The van der Waals surface area contributed by atoms with Gasteiger partial charge in [-0.3, -0.25) is 0 Å². The maximum absolute atomic E-state index is 11.9. The van der Waals surface area contributed by atoms with E-state index >= 15 is 0 Å². The highest BCUT2D eigenvalue weighted by atomic mass is 35.5. The average molecular weight is 356 g/mol. The first-order valence-electron chi connectivity index (χ1n) is 8.70. The Kier molecular flexibility index (Phi) is 8.57. The van der Waals surface area contributed by atoms with E-state index in [1.807, 2.05) is 24.3 Å². The third kappa shape index (κ3) is 6.33. The van der Waals surface area contributed by atoms with Crippen molar-refractivity contribution in [3.05, 3.63) is 29.8 Å². The minimum atomic E-state index is -0.974. The van der Waals surface area contributed by atoms with E-state index in [2.05, 4.69) is 5.32 Å². The second kappa shape index (κ2) is 9.90. The molecule has 0 unspecified atom stereocenters. The minimum Gasteiger partial charge on any atom is -0.476 e. The molecular formula is C19H30ClNO3. The summed E-state index contributed by atoms with van der Waals surface area (Å²) in [5.74, 6) is 0.340. The molecule has 1 saturated carbocycles. The molecule has 1 aliphatic carbocycles. The summed E-state index contributed by atoms with van der Waals surface area (Å²) in [5.41, 5.74) is 0.259. The number of rotatable bonds is 7. The van der Waals surface area contributed by atoms with Crippen LogP contribution in [-0.2, 0) is 16.1 Å². The molecule has 0 saturated heterocycles. The largest absolute Gasteiger partial charge is 0.476 e. The number of nitrogens with one attached hydrogen (secondary N) is 1. The van der Waals surface area contributed by atoms with Crippen LogP contribution in [0, 0.1) is 0 Å². The Morgan fingerprint density at radius 1 is 1.17 bits per heavy atom. The average Bonchev–Trinajstić information content (AvgIpc) is 2.55. The monoisotopic (exact) mass is 355 g/mol. The Morgan fingerprint density at radius 2 is 1.79 bits per heavy atom. The molecule has 0 heterocycles. The molecule has 5 heteroatoms. The minimum absolute atomic E-state index is 0. The zero-order valence-corrected chi connectivity index (χ0v) is 15.8. The number of hydrogen-bond donors (Lipinski definition) is 1. The molecule has 0 bridgehead atoms. The molecule has 1 N–H and O–H groups in total. The number of benzene rings is 1. The fourth-order valence-corrected chi connectivity index (χ4v) is 2.89. The molecule has 0 aromatic heterocycles. The Morgan fingerprint density at radius 3 is 2.38 bits per heavy atom. The van der Waals surface area contributed by atoms with Gasteiger partial charge in [-0.25, -0.2) is 4.79 Å². The summed E-state index contributed by atoms with van der Waals surface area (Å²) in [6.07, 6.45) is 6.63. The Bertz CT molecular complexity index is 496. The van der Waals surface area contributed by atoms with Crippen LogP contribution in [0.15, 0.2) is 24.3 Å². The van der Waals surface area contributed by atoms with Crippen LogP contribution in [0.25, 0.3) is 0 Å². The van der Waals surface area contributed by atoms with Crippen LogP contribution in [0.1, 0.15) is 58.4 Å². The second-order valence-electron chi connectivity index (χ2n) is 6.69. The molecule has 0 spiro atoms. The maximum atomic E-state index is 11.9. The molecule has 0 aliphatic heterocycles. The normalized spacial score (nSPS) is 15.5. The molecule has 0 radical (unpaired) electrons. The van der Waals surface area contributed by atoms with Crippen molar-refractivity contribution >= 4 is 18.4 Å². The summed E-state index contributed by atoms with van der Waals surface area (Å²) in [6.45, 7) is 6.48. The highest BCUT2D eigenvalue weighted by Crippen LogP contribution is 2.21. The van der Waals surface area contributed by atoms with E-state index in [0.717, 1.165) is 6.54 Å². The van der Waals surface area contributed by atoms with E-state index in [1.165, 1.54) is 37.7 Å². The molecule has 0 atom stereocenters. The number of halogens is 1. The molecule has 4 nitrogen and oxygen atoms in total. The van der Waals surface area contributed by atoms with Gasteiger partial charge in [-0.15, -0.1) is 12.4 Å². The first-order chi connectivity index (χ1) is 11.0. The number of ether oxygens (including phenoxy) is 2. The standard InChI is InChI=1S/C19H29NO3.ClH/c1-4-22-18(21)19(2,3)23-17-12-10-15(11-13-17)14-20-16-8-6-5-7-9-16;/h10-13,16,20H,4-9,14H2,1-3H3;1H. The van der Waals surface area contributed by atoms with Crippen LogP contribution in [0.2, 0.25) is 0 Å². The van der Waals surface area contributed by atoms with Crippen molar-refractivity contribution < 1.29 is 14.3 Å². The van der Waals surface area contributed by atoms with Crippen LogP contribution >= 0.6 is 12.4 Å². The lowest BCUT2D eigenvalue weighted by Crippen LogP contribution is -2.39. The van der Waals surface area contributed by atoms with Crippen molar-refractivity contribution in [3.63, 3.8) is 0 Å². The van der Waals surface area contributed by atoms with Crippen LogP contribution in [0.4, 0.5) is 0 Å². The smallest absolute Gasteiger partial charge is 0.349 e. The van der Waals surface area contributed by atoms with Crippen molar-refractivity contribution in [2.24, 2.45) is 0 Å². The van der Waals surface area contributed by atoms with Gasteiger partial charge in [0.2, 0.25) is 0 Å². The second-order valence-corrected chi connectivity index (χ2v) is 6.69. The number of carbonyl (C=O) groups is 1. The number of hydrogen-bond acceptors (Lipinski definition) is 4. The molecule has 1 aliphatic rings. The van der Waals surface area contributed by atoms with E-state index in [4.69, 9.17) is 9.47 Å². The summed E-state index contributed by atoms with van der Waals surface area (Å²) < 4.78 is 10.8. The van der Waals surface area contributed by atoms with Crippen LogP contribution in [0.3, 0.4) is 0 Å². The molecule has 2 rings (SSSR count). The van der Waals surface area contributed by atoms with Gasteiger partial charge in [0.15, 0.2) is 5.60 Å². The van der Waals surface area contributed by atoms with Crippen molar-refractivity contribution in [3.8, 4) is 5.75 Å². The third-order valence-corrected chi connectivity index (χ3v) is 4.26. The number of esters is 1. The van der Waals surface area contributed by atoms with Gasteiger partial charge in [-0.1, -0.05) is 31.4 Å². The van der Waals surface area contributed by atoms with Crippen LogP contribution in [-0.4, -0.2) is 24.2 Å². The summed E-state index contributed by atoms with van der Waals surface area (Å²) >= 11 is 0. The third-order valence-electron chi connectivity index (χ3n) is 4.26. The molecule has 1 fully saturated rings. The molecule has 24 heavy (non-hydrogen) atoms. The molecule has 0 amide bonds. The van der Waals surface area contributed by atoms with Gasteiger partial charge in [0.1, 0.15) is 5.75 Å². The lowest BCUT2D eigenvalue weighted by Gasteiger charge is -2.24. The van der Waals surface area contributed by atoms with Crippen molar-refractivity contribution in [2.45, 2.75) is 71.1 Å². The Labute approximate surface area is 151 Å². The Hall–Kier alpha value is -1.26. The lowest BCUT2D eigenvalue weighted by molar-refractivity contribution is -0.158. The first kappa shape index (κ1) is 20.8. The van der Waals surface area contributed by atoms with Gasteiger partial charge in [0.05, 0.1) is 6.61 Å². The molecule has 1 aromatic carbocycles. The van der Waals surface area contributed by atoms with Gasteiger partial charge in [0, 0.05) is 12.6 Å². The van der Waals surface area contributed by atoms with Crippen LogP contribution in [0.5, 0.6) is 5.75 Å². The topological polar surface area (TPSA) is 47.6 Å².